The van der Waals surface area contributed by atoms with E-state index in [9.17, 15) is 0 Å². The molecule has 0 saturated carbocycles. The molecule has 1 aliphatic rings. The molecule has 1 fully saturated rings. The minimum absolute atomic E-state index is 0.833. The van der Waals surface area contributed by atoms with Crippen molar-refractivity contribution in [2.45, 2.75) is 26.2 Å². The Morgan fingerprint density at radius 3 is 2.64 bits per heavy atom. The molecule has 4 nitrogen and oxygen atoms in total. The zero-order chi connectivity index (χ0) is 14.9. The number of benzene rings is 1. The normalized spacial score (nSPS) is 15.4. The molecule has 0 bridgehead atoms. The summed E-state index contributed by atoms with van der Waals surface area (Å²) in [5, 5.41) is 0. The first kappa shape index (κ1) is 13.3. The van der Waals surface area contributed by atoms with Crippen LogP contribution in [0, 0.1) is 13.0 Å². The third-order valence-corrected chi connectivity index (χ3v) is 4.26. The lowest BCUT2D eigenvalue weighted by molar-refractivity contribution is 0.574. The van der Waals surface area contributed by atoms with Gasteiger partial charge in [-0.25, -0.2) is 9.97 Å². The predicted octanol–water partition coefficient (Wildman–Crippen LogP) is 3.72. The van der Waals surface area contributed by atoms with Crippen molar-refractivity contribution >= 4 is 16.9 Å². The molecule has 0 aliphatic carbocycles. The van der Waals surface area contributed by atoms with Crippen LogP contribution in [0.5, 0.6) is 0 Å². The lowest BCUT2D eigenvalue weighted by Gasteiger charge is -2.28. The smallest absolute Gasteiger partial charge is 0.156 e. The third-order valence-electron chi connectivity index (χ3n) is 4.26. The number of aromatic amines is 1. The summed E-state index contributed by atoms with van der Waals surface area (Å²) in [6, 6.07) is 13.2. The topological polar surface area (TPSA) is 44.8 Å². The first-order valence-electron chi connectivity index (χ1n) is 7.90. The summed E-state index contributed by atoms with van der Waals surface area (Å²) in [5.41, 5.74) is 4.28. The molecular weight excluding hydrogens is 272 g/mol. The Labute approximate surface area is 130 Å². The summed E-state index contributed by atoms with van der Waals surface area (Å²) in [7, 11) is 0. The van der Waals surface area contributed by atoms with Crippen molar-refractivity contribution in [3.63, 3.8) is 0 Å². The second-order valence-electron chi connectivity index (χ2n) is 5.87. The van der Waals surface area contributed by atoms with Gasteiger partial charge in [0, 0.05) is 18.8 Å². The molecule has 0 unspecified atom stereocenters. The van der Waals surface area contributed by atoms with E-state index in [0.717, 1.165) is 47.0 Å². The van der Waals surface area contributed by atoms with Gasteiger partial charge in [-0.2, -0.15) is 0 Å². The van der Waals surface area contributed by atoms with E-state index in [2.05, 4.69) is 39.1 Å². The number of H-pyrrole nitrogens is 1. The van der Waals surface area contributed by atoms with Crippen LogP contribution in [0.4, 0.5) is 5.82 Å². The van der Waals surface area contributed by atoms with Crippen LogP contribution >= 0.6 is 0 Å². The number of piperidine rings is 1. The van der Waals surface area contributed by atoms with Crippen LogP contribution in [0.25, 0.3) is 22.3 Å². The molecule has 4 heteroatoms. The molecule has 1 aromatic carbocycles. The van der Waals surface area contributed by atoms with Gasteiger partial charge in [0.05, 0.1) is 5.52 Å². The molecule has 111 valence electrons. The highest BCUT2D eigenvalue weighted by molar-refractivity contribution is 5.90. The summed E-state index contributed by atoms with van der Waals surface area (Å²) in [4.78, 5) is 15.2. The maximum atomic E-state index is 4.71. The highest BCUT2D eigenvalue weighted by Crippen LogP contribution is 2.29. The fourth-order valence-corrected chi connectivity index (χ4v) is 3.17. The highest BCUT2D eigenvalue weighted by Gasteiger charge is 2.18. The highest BCUT2D eigenvalue weighted by atomic mass is 15.2. The third kappa shape index (κ3) is 2.34. The second kappa shape index (κ2) is 5.44. The van der Waals surface area contributed by atoms with E-state index in [1.54, 1.807) is 0 Å². The predicted molar refractivity (Wildman–Crippen MR) is 89.0 cm³/mol. The molecule has 0 atom stereocenters. The fourth-order valence-electron chi connectivity index (χ4n) is 3.17. The summed E-state index contributed by atoms with van der Waals surface area (Å²) >= 11 is 0. The molecule has 1 saturated heterocycles. The van der Waals surface area contributed by atoms with E-state index < -0.39 is 0 Å². The number of anilines is 1. The van der Waals surface area contributed by atoms with Crippen molar-refractivity contribution in [2.24, 2.45) is 0 Å². The Kier molecular flexibility index (Phi) is 3.29. The van der Waals surface area contributed by atoms with E-state index in [-0.39, 0.29) is 0 Å². The van der Waals surface area contributed by atoms with E-state index >= 15 is 0 Å². The number of hydrogen-bond donors (Lipinski definition) is 1. The van der Waals surface area contributed by atoms with Gasteiger partial charge < -0.3 is 9.88 Å². The SMILES string of the molecule is Cc1nc(N2CCCCC2)c2[nH]c(-c3cc[c]cc3)cc2n1. The summed E-state index contributed by atoms with van der Waals surface area (Å²) in [5.74, 6) is 1.89. The van der Waals surface area contributed by atoms with E-state index in [1.165, 1.54) is 19.3 Å². The van der Waals surface area contributed by atoms with Crippen LogP contribution in [0.2, 0.25) is 0 Å². The van der Waals surface area contributed by atoms with Gasteiger partial charge in [-0.1, -0.05) is 24.3 Å². The van der Waals surface area contributed by atoms with Crippen molar-refractivity contribution in [2.75, 3.05) is 18.0 Å². The molecule has 0 spiro atoms. The first-order chi connectivity index (χ1) is 10.8. The van der Waals surface area contributed by atoms with Crippen LogP contribution in [0.1, 0.15) is 25.1 Å². The number of hydrogen-bond acceptors (Lipinski definition) is 3. The van der Waals surface area contributed by atoms with Crippen LogP contribution in [-0.4, -0.2) is 28.0 Å². The van der Waals surface area contributed by atoms with Gasteiger partial charge in [-0.05, 0) is 43.9 Å². The number of nitrogens with one attached hydrogen (secondary N) is 1. The lowest BCUT2D eigenvalue weighted by Crippen LogP contribution is -2.30. The van der Waals surface area contributed by atoms with Crippen molar-refractivity contribution in [1.82, 2.24) is 15.0 Å². The Bertz CT molecular complexity index is 785. The molecular formula is C18H19N4. The van der Waals surface area contributed by atoms with E-state index in [0.29, 0.717) is 0 Å². The van der Waals surface area contributed by atoms with Crippen molar-refractivity contribution in [3.05, 3.63) is 42.2 Å². The van der Waals surface area contributed by atoms with Crippen LogP contribution < -0.4 is 4.90 Å². The van der Waals surface area contributed by atoms with Crippen LogP contribution in [0.3, 0.4) is 0 Å². The average molecular weight is 291 g/mol. The van der Waals surface area contributed by atoms with E-state index in [1.807, 2.05) is 19.1 Å². The Hall–Kier alpha value is -2.36. The van der Waals surface area contributed by atoms with Crippen molar-refractivity contribution in [3.8, 4) is 11.3 Å². The molecule has 1 N–H and O–H groups in total. The Balaban J connectivity index is 1.84. The number of fused-ring (bicyclic) bond motifs is 1. The molecule has 1 radical (unpaired) electrons. The first-order valence-corrected chi connectivity index (χ1v) is 7.90. The van der Waals surface area contributed by atoms with Crippen LogP contribution in [-0.2, 0) is 0 Å². The molecule has 2 aromatic heterocycles. The maximum Gasteiger partial charge on any atom is 0.156 e. The Morgan fingerprint density at radius 1 is 1.09 bits per heavy atom. The minimum Gasteiger partial charge on any atom is -0.355 e. The lowest BCUT2D eigenvalue weighted by atomic mass is 10.1. The molecule has 0 amide bonds. The number of aromatic nitrogens is 3. The quantitative estimate of drug-likeness (QED) is 0.782. The van der Waals surface area contributed by atoms with Gasteiger partial charge in [0.15, 0.2) is 5.82 Å². The summed E-state index contributed by atoms with van der Waals surface area (Å²) in [6.07, 6.45) is 3.81. The van der Waals surface area contributed by atoms with Crippen LogP contribution in [0.15, 0.2) is 30.3 Å². The zero-order valence-corrected chi connectivity index (χ0v) is 12.8. The summed E-state index contributed by atoms with van der Waals surface area (Å²) < 4.78 is 0. The van der Waals surface area contributed by atoms with Gasteiger partial charge in [-0.15, -0.1) is 0 Å². The van der Waals surface area contributed by atoms with E-state index in [4.69, 9.17) is 4.98 Å². The van der Waals surface area contributed by atoms with Crippen molar-refractivity contribution in [1.29, 1.82) is 0 Å². The largest absolute Gasteiger partial charge is 0.355 e. The number of nitrogens with zero attached hydrogens (tertiary/aromatic N) is 3. The summed E-state index contributed by atoms with van der Waals surface area (Å²) in [6.45, 7) is 4.14. The molecule has 3 heterocycles. The average Bonchev–Trinajstić information content (AvgIpc) is 2.99. The van der Waals surface area contributed by atoms with Gasteiger partial charge in [0.25, 0.3) is 0 Å². The minimum atomic E-state index is 0.833. The maximum absolute atomic E-state index is 4.71. The second-order valence-corrected chi connectivity index (χ2v) is 5.87. The molecule has 4 rings (SSSR count). The number of aryl methyl sites for hydroxylation is 1. The standard InChI is InChI=1S/C18H19N4/c1-13-19-16-12-15(14-8-4-2-5-9-14)21-17(16)18(20-13)22-10-6-3-7-11-22/h4-5,8-9,12,21H,3,6-7,10-11H2,1H3. The molecule has 1 aliphatic heterocycles. The van der Waals surface area contributed by atoms with Crippen molar-refractivity contribution < 1.29 is 0 Å². The monoisotopic (exact) mass is 291 g/mol. The zero-order valence-electron chi connectivity index (χ0n) is 12.8. The molecule has 22 heavy (non-hydrogen) atoms. The Morgan fingerprint density at radius 2 is 1.86 bits per heavy atom. The molecule has 3 aromatic rings. The van der Waals surface area contributed by atoms with Gasteiger partial charge in [0.1, 0.15) is 11.3 Å². The fraction of sp³-hybridized carbons (Fsp3) is 0.333. The van der Waals surface area contributed by atoms with Gasteiger partial charge in [0.2, 0.25) is 0 Å². The van der Waals surface area contributed by atoms with Gasteiger partial charge >= 0.3 is 0 Å². The number of rotatable bonds is 2. The van der Waals surface area contributed by atoms with Gasteiger partial charge in [-0.3, -0.25) is 0 Å².